The molecule has 0 amide bonds. The molecule has 3 atom stereocenters. The fraction of sp³-hybridized carbons (Fsp3) is 1.00. The maximum Gasteiger partial charge on any atom is 0.152 e. The van der Waals surface area contributed by atoms with Crippen molar-refractivity contribution in [2.24, 2.45) is 0 Å². The molecule has 102 valence electrons. The van der Waals surface area contributed by atoms with Gasteiger partial charge in [-0.25, -0.2) is 8.42 Å². The Morgan fingerprint density at radius 3 is 2.59 bits per heavy atom. The molecule has 1 N–H and O–H groups in total. The van der Waals surface area contributed by atoms with Crippen LogP contribution in [0.25, 0.3) is 0 Å². The van der Waals surface area contributed by atoms with Crippen LogP contribution in [0, 0.1) is 0 Å². The summed E-state index contributed by atoms with van der Waals surface area (Å²) in [6.07, 6.45) is 3.32. The maximum absolute atomic E-state index is 11.3. The first-order chi connectivity index (χ1) is 7.98. The lowest BCUT2D eigenvalue weighted by Gasteiger charge is -2.35. The molecule has 1 heterocycles. The quantitative estimate of drug-likeness (QED) is 0.786. The van der Waals surface area contributed by atoms with Crippen molar-refractivity contribution < 1.29 is 13.2 Å². The molecule has 0 saturated carbocycles. The molecule has 1 saturated heterocycles. The molecular weight excluding hydrogens is 238 g/mol. The van der Waals surface area contributed by atoms with Crippen molar-refractivity contribution in [2.45, 2.75) is 58.2 Å². The number of nitrogens with one attached hydrogen (secondary N) is 1. The summed E-state index contributed by atoms with van der Waals surface area (Å²) >= 11 is 0. The molecule has 0 aromatic heterocycles. The Kier molecular flexibility index (Phi) is 5.89. The van der Waals surface area contributed by atoms with Crippen molar-refractivity contribution in [1.29, 1.82) is 0 Å². The molecule has 1 aliphatic rings. The van der Waals surface area contributed by atoms with Crippen LogP contribution < -0.4 is 5.32 Å². The van der Waals surface area contributed by atoms with Gasteiger partial charge >= 0.3 is 0 Å². The third-order valence-electron chi connectivity index (χ3n) is 3.44. The van der Waals surface area contributed by atoms with Gasteiger partial charge < -0.3 is 10.1 Å². The molecule has 0 bridgehead atoms. The molecule has 0 aromatic rings. The summed E-state index contributed by atoms with van der Waals surface area (Å²) in [6, 6.07) is 0.905. The Bertz CT molecular complexity index is 316. The SMILES string of the molecule is CCC1NC(C)CCC1OCCS(=O)(=O)CC. The van der Waals surface area contributed by atoms with Gasteiger partial charge in [0.15, 0.2) is 9.84 Å². The zero-order valence-electron chi connectivity index (χ0n) is 11.1. The van der Waals surface area contributed by atoms with E-state index >= 15 is 0 Å². The Hall–Kier alpha value is -0.130. The van der Waals surface area contributed by atoms with Crippen LogP contribution in [0.4, 0.5) is 0 Å². The zero-order valence-corrected chi connectivity index (χ0v) is 11.9. The highest BCUT2D eigenvalue weighted by Crippen LogP contribution is 2.18. The number of hydrogen-bond acceptors (Lipinski definition) is 4. The van der Waals surface area contributed by atoms with Gasteiger partial charge in [-0.3, -0.25) is 0 Å². The summed E-state index contributed by atoms with van der Waals surface area (Å²) in [5.41, 5.74) is 0. The van der Waals surface area contributed by atoms with E-state index < -0.39 is 9.84 Å². The monoisotopic (exact) mass is 263 g/mol. The number of rotatable bonds is 6. The van der Waals surface area contributed by atoms with Gasteiger partial charge in [-0.2, -0.15) is 0 Å². The van der Waals surface area contributed by atoms with Gasteiger partial charge in [0.25, 0.3) is 0 Å². The first kappa shape index (κ1) is 14.9. The van der Waals surface area contributed by atoms with Gasteiger partial charge in [0.2, 0.25) is 0 Å². The van der Waals surface area contributed by atoms with Crippen LogP contribution in [-0.2, 0) is 14.6 Å². The lowest BCUT2D eigenvalue weighted by atomic mass is 9.95. The highest BCUT2D eigenvalue weighted by atomic mass is 32.2. The van der Waals surface area contributed by atoms with Gasteiger partial charge in [0.05, 0.1) is 18.5 Å². The summed E-state index contributed by atoms with van der Waals surface area (Å²) < 4.78 is 28.4. The van der Waals surface area contributed by atoms with E-state index in [-0.39, 0.29) is 17.6 Å². The van der Waals surface area contributed by atoms with E-state index in [4.69, 9.17) is 4.74 Å². The van der Waals surface area contributed by atoms with Gasteiger partial charge in [0, 0.05) is 17.8 Å². The molecule has 0 aromatic carbocycles. The van der Waals surface area contributed by atoms with E-state index in [1.165, 1.54) is 0 Å². The van der Waals surface area contributed by atoms with Crippen LogP contribution in [0.15, 0.2) is 0 Å². The molecule has 0 radical (unpaired) electrons. The highest BCUT2D eigenvalue weighted by Gasteiger charge is 2.27. The van der Waals surface area contributed by atoms with Crippen LogP contribution >= 0.6 is 0 Å². The number of hydrogen-bond donors (Lipinski definition) is 1. The molecule has 0 spiro atoms. The fourth-order valence-corrected chi connectivity index (χ4v) is 2.86. The van der Waals surface area contributed by atoms with Crippen LogP contribution in [0.3, 0.4) is 0 Å². The molecular formula is C12H25NO3S. The lowest BCUT2D eigenvalue weighted by Crippen LogP contribution is -2.50. The van der Waals surface area contributed by atoms with Crippen LogP contribution in [-0.4, -0.2) is 44.7 Å². The zero-order chi connectivity index (χ0) is 12.9. The summed E-state index contributed by atoms with van der Waals surface area (Å²) in [5.74, 6) is 0.347. The second kappa shape index (κ2) is 6.71. The van der Waals surface area contributed by atoms with Crippen molar-refractivity contribution >= 4 is 9.84 Å². The largest absolute Gasteiger partial charge is 0.376 e. The Morgan fingerprint density at radius 1 is 1.29 bits per heavy atom. The standard InChI is InChI=1S/C12H25NO3S/c1-4-11-12(7-6-10(3)13-11)16-8-9-17(14,15)5-2/h10-13H,4-9H2,1-3H3. The van der Waals surface area contributed by atoms with Gasteiger partial charge in [-0.15, -0.1) is 0 Å². The van der Waals surface area contributed by atoms with Crippen molar-refractivity contribution in [3.05, 3.63) is 0 Å². The molecule has 1 fully saturated rings. The molecule has 3 unspecified atom stereocenters. The van der Waals surface area contributed by atoms with Gasteiger partial charge in [-0.1, -0.05) is 13.8 Å². The van der Waals surface area contributed by atoms with Crippen LogP contribution in [0.5, 0.6) is 0 Å². The third kappa shape index (κ3) is 4.94. The Labute approximate surface area is 105 Å². The average molecular weight is 263 g/mol. The minimum Gasteiger partial charge on any atom is -0.376 e. The fourth-order valence-electron chi connectivity index (χ4n) is 2.22. The molecule has 0 aliphatic carbocycles. The Balaban J connectivity index is 2.35. The van der Waals surface area contributed by atoms with Gasteiger partial charge in [0.1, 0.15) is 0 Å². The van der Waals surface area contributed by atoms with Crippen molar-refractivity contribution in [3.63, 3.8) is 0 Å². The highest BCUT2D eigenvalue weighted by molar-refractivity contribution is 7.91. The minimum absolute atomic E-state index is 0.145. The smallest absolute Gasteiger partial charge is 0.152 e. The van der Waals surface area contributed by atoms with E-state index in [0.717, 1.165) is 19.3 Å². The lowest BCUT2D eigenvalue weighted by molar-refractivity contribution is 0.00737. The molecule has 1 aliphatic heterocycles. The first-order valence-electron chi connectivity index (χ1n) is 6.56. The van der Waals surface area contributed by atoms with Crippen molar-refractivity contribution in [1.82, 2.24) is 5.32 Å². The number of piperidine rings is 1. The molecule has 4 nitrogen and oxygen atoms in total. The Morgan fingerprint density at radius 2 is 2.00 bits per heavy atom. The van der Waals surface area contributed by atoms with Crippen molar-refractivity contribution in [3.8, 4) is 0 Å². The summed E-state index contributed by atoms with van der Waals surface area (Å²) in [5, 5.41) is 3.50. The van der Waals surface area contributed by atoms with E-state index in [0.29, 0.717) is 18.7 Å². The number of ether oxygens (including phenoxy) is 1. The van der Waals surface area contributed by atoms with Crippen molar-refractivity contribution in [2.75, 3.05) is 18.1 Å². The summed E-state index contributed by atoms with van der Waals surface area (Å²) in [6.45, 7) is 6.32. The van der Waals surface area contributed by atoms with E-state index in [9.17, 15) is 8.42 Å². The normalized spacial score (nSPS) is 30.4. The summed E-state index contributed by atoms with van der Waals surface area (Å²) in [7, 11) is -2.90. The molecule has 5 heteroatoms. The minimum atomic E-state index is -2.90. The van der Waals surface area contributed by atoms with E-state index in [1.807, 2.05) is 0 Å². The van der Waals surface area contributed by atoms with E-state index in [1.54, 1.807) is 6.92 Å². The second-order valence-corrected chi connectivity index (χ2v) is 7.28. The number of sulfone groups is 1. The first-order valence-corrected chi connectivity index (χ1v) is 8.38. The topological polar surface area (TPSA) is 55.4 Å². The second-order valence-electron chi connectivity index (χ2n) is 4.81. The van der Waals surface area contributed by atoms with Crippen LogP contribution in [0.2, 0.25) is 0 Å². The maximum atomic E-state index is 11.3. The summed E-state index contributed by atoms with van der Waals surface area (Å²) in [4.78, 5) is 0. The predicted molar refractivity (Wildman–Crippen MR) is 70.0 cm³/mol. The van der Waals surface area contributed by atoms with Crippen LogP contribution in [0.1, 0.15) is 40.0 Å². The third-order valence-corrected chi connectivity index (χ3v) is 5.11. The van der Waals surface area contributed by atoms with E-state index in [2.05, 4.69) is 19.2 Å². The molecule has 17 heavy (non-hydrogen) atoms. The molecule has 1 rings (SSSR count). The predicted octanol–water partition coefficient (Wildman–Crippen LogP) is 1.36. The average Bonchev–Trinajstić information content (AvgIpc) is 2.30. The van der Waals surface area contributed by atoms with Gasteiger partial charge in [-0.05, 0) is 26.2 Å².